The second-order valence-electron chi connectivity index (χ2n) is 1.82. The van der Waals surface area contributed by atoms with Crippen LogP contribution in [-0.4, -0.2) is 19.5 Å². The summed E-state index contributed by atoms with van der Waals surface area (Å²) in [6, 6.07) is 0. The summed E-state index contributed by atoms with van der Waals surface area (Å²) in [7, 11) is 0. The standard InChI is InChI=1S/C9H13ClO2/c1-3-11-9(12-4-2)7-5-6-8-10/h6,8-9H,3-4H2,1-2H3. The molecule has 0 aromatic rings. The highest BCUT2D eigenvalue weighted by molar-refractivity contribution is 6.25. The number of ether oxygens (including phenoxy) is 2. The van der Waals surface area contributed by atoms with E-state index in [0.717, 1.165) is 0 Å². The van der Waals surface area contributed by atoms with E-state index >= 15 is 0 Å². The molecule has 0 aromatic carbocycles. The van der Waals surface area contributed by atoms with Gasteiger partial charge in [-0.05, 0) is 25.8 Å². The lowest BCUT2D eigenvalue weighted by molar-refractivity contribution is -0.0969. The minimum Gasteiger partial charge on any atom is -0.342 e. The molecule has 3 heteroatoms. The Morgan fingerprint density at radius 3 is 2.33 bits per heavy atom. The zero-order valence-corrected chi connectivity index (χ0v) is 8.10. The third-order valence-corrected chi connectivity index (χ3v) is 1.11. The van der Waals surface area contributed by atoms with Crippen molar-refractivity contribution in [3.05, 3.63) is 11.6 Å². The summed E-state index contributed by atoms with van der Waals surface area (Å²) in [6.45, 7) is 4.96. The highest BCUT2D eigenvalue weighted by Crippen LogP contribution is 1.92. The first-order chi connectivity index (χ1) is 5.85. The Bertz CT molecular complexity index is 173. The molecule has 0 rings (SSSR count). The summed E-state index contributed by atoms with van der Waals surface area (Å²) in [6.07, 6.45) is 1.10. The van der Waals surface area contributed by atoms with Gasteiger partial charge in [-0.3, -0.25) is 0 Å². The van der Waals surface area contributed by atoms with Crippen LogP contribution in [0.1, 0.15) is 13.8 Å². The molecule has 0 fully saturated rings. The fourth-order valence-corrected chi connectivity index (χ4v) is 0.645. The minimum absolute atomic E-state index is 0.437. The molecule has 0 amide bonds. The third kappa shape index (κ3) is 6.23. The van der Waals surface area contributed by atoms with Gasteiger partial charge in [-0.15, -0.1) is 0 Å². The second kappa shape index (κ2) is 8.61. The molecule has 0 aromatic heterocycles. The number of allylic oxidation sites excluding steroid dienone is 1. The van der Waals surface area contributed by atoms with Crippen molar-refractivity contribution in [3.63, 3.8) is 0 Å². The average Bonchev–Trinajstić information content (AvgIpc) is 2.06. The molecular weight excluding hydrogens is 176 g/mol. The predicted molar refractivity (Wildman–Crippen MR) is 49.8 cm³/mol. The normalized spacial score (nSPS) is 10.3. The van der Waals surface area contributed by atoms with Crippen LogP contribution in [0.3, 0.4) is 0 Å². The van der Waals surface area contributed by atoms with Crippen molar-refractivity contribution in [2.24, 2.45) is 0 Å². The zero-order chi connectivity index (χ0) is 9.23. The van der Waals surface area contributed by atoms with Gasteiger partial charge in [0.1, 0.15) is 0 Å². The van der Waals surface area contributed by atoms with E-state index in [9.17, 15) is 0 Å². The summed E-state index contributed by atoms with van der Waals surface area (Å²) in [5.41, 5.74) is 1.35. The maximum Gasteiger partial charge on any atom is 0.222 e. The van der Waals surface area contributed by atoms with Gasteiger partial charge in [0.25, 0.3) is 0 Å². The lowest BCUT2D eigenvalue weighted by Crippen LogP contribution is -2.14. The maximum absolute atomic E-state index is 5.27. The number of rotatable bonds is 4. The Balaban J connectivity index is 3.86. The first-order valence-electron chi connectivity index (χ1n) is 3.84. The molecule has 68 valence electrons. The molecule has 0 spiro atoms. The lowest BCUT2D eigenvalue weighted by atomic mass is 10.5. The molecule has 12 heavy (non-hydrogen) atoms. The molecule has 0 radical (unpaired) electrons. The largest absolute Gasteiger partial charge is 0.342 e. The van der Waals surface area contributed by atoms with Crippen molar-refractivity contribution in [2.45, 2.75) is 20.1 Å². The van der Waals surface area contributed by atoms with Gasteiger partial charge in [0.2, 0.25) is 6.29 Å². The van der Waals surface area contributed by atoms with Gasteiger partial charge in [-0.1, -0.05) is 17.5 Å². The molecule has 0 atom stereocenters. The molecule has 2 nitrogen and oxygen atoms in total. The summed E-state index contributed by atoms with van der Waals surface area (Å²) in [4.78, 5) is 0. The van der Waals surface area contributed by atoms with E-state index in [1.165, 1.54) is 11.6 Å². The lowest BCUT2D eigenvalue weighted by Gasteiger charge is -2.09. The summed E-state index contributed by atoms with van der Waals surface area (Å²) < 4.78 is 10.3. The van der Waals surface area contributed by atoms with Crippen molar-refractivity contribution >= 4 is 11.6 Å². The van der Waals surface area contributed by atoms with Gasteiger partial charge in [0, 0.05) is 18.7 Å². The third-order valence-electron chi connectivity index (χ3n) is 0.984. The van der Waals surface area contributed by atoms with E-state index < -0.39 is 6.29 Å². The Labute approximate surface area is 78.5 Å². The van der Waals surface area contributed by atoms with E-state index in [-0.39, 0.29) is 0 Å². The summed E-state index contributed by atoms with van der Waals surface area (Å²) in [5, 5.41) is 0. The van der Waals surface area contributed by atoms with Crippen molar-refractivity contribution < 1.29 is 9.47 Å². The number of hydrogen-bond donors (Lipinski definition) is 0. The number of hydrogen-bond acceptors (Lipinski definition) is 2. The molecule has 0 N–H and O–H groups in total. The highest BCUT2D eigenvalue weighted by atomic mass is 35.5. The predicted octanol–water partition coefficient (Wildman–Crippen LogP) is 2.14. The Kier molecular flexibility index (Phi) is 8.25. The van der Waals surface area contributed by atoms with Crippen molar-refractivity contribution in [2.75, 3.05) is 13.2 Å². The van der Waals surface area contributed by atoms with Crippen molar-refractivity contribution in [1.29, 1.82) is 0 Å². The van der Waals surface area contributed by atoms with Crippen molar-refractivity contribution in [1.82, 2.24) is 0 Å². The number of halogens is 1. The van der Waals surface area contributed by atoms with Crippen LogP contribution >= 0.6 is 11.6 Å². The molecule has 0 unspecified atom stereocenters. The van der Waals surface area contributed by atoms with E-state index in [1.54, 1.807) is 0 Å². The highest BCUT2D eigenvalue weighted by Gasteiger charge is 2.00. The molecule has 0 saturated heterocycles. The first kappa shape index (κ1) is 11.5. The van der Waals surface area contributed by atoms with Crippen LogP contribution in [0.4, 0.5) is 0 Å². The first-order valence-corrected chi connectivity index (χ1v) is 4.28. The maximum atomic E-state index is 5.27. The molecule has 0 bridgehead atoms. The van der Waals surface area contributed by atoms with Crippen LogP contribution in [0.15, 0.2) is 11.6 Å². The van der Waals surface area contributed by atoms with Gasteiger partial charge in [-0.25, -0.2) is 0 Å². The topological polar surface area (TPSA) is 18.5 Å². The minimum atomic E-state index is -0.437. The monoisotopic (exact) mass is 188 g/mol. The van der Waals surface area contributed by atoms with Gasteiger partial charge in [0.05, 0.1) is 0 Å². The molecule has 0 saturated carbocycles. The molecule has 0 aliphatic heterocycles. The molecule has 0 aliphatic rings. The van der Waals surface area contributed by atoms with Crippen LogP contribution in [0.25, 0.3) is 0 Å². The fourth-order valence-electron chi connectivity index (χ4n) is 0.582. The molecule has 0 aliphatic carbocycles. The van der Waals surface area contributed by atoms with Crippen LogP contribution in [-0.2, 0) is 9.47 Å². The average molecular weight is 189 g/mol. The van der Waals surface area contributed by atoms with E-state index in [1.807, 2.05) is 13.8 Å². The smallest absolute Gasteiger partial charge is 0.222 e. The quantitative estimate of drug-likeness (QED) is 0.497. The fraction of sp³-hybridized carbons (Fsp3) is 0.556. The zero-order valence-electron chi connectivity index (χ0n) is 7.34. The second-order valence-corrected chi connectivity index (χ2v) is 2.08. The SMILES string of the molecule is CCOC(C#CC=CCl)OCC. The molecule has 0 heterocycles. The van der Waals surface area contributed by atoms with Crippen LogP contribution in [0.2, 0.25) is 0 Å². The summed E-state index contributed by atoms with van der Waals surface area (Å²) >= 11 is 5.27. The van der Waals surface area contributed by atoms with Gasteiger partial charge in [0.15, 0.2) is 0 Å². The van der Waals surface area contributed by atoms with Crippen molar-refractivity contribution in [3.8, 4) is 11.8 Å². The van der Waals surface area contributed by atoms with Gasteiger partial charge >= 0.3 is 0 Å². The van der Waals surface area contributed by atoms with E-state index in [4.69, 9.17) is 21.1 Å². The van der Waals surface area contributed by atoms with E-state index in [2.05, 4.69) is 11.8 Å². The van der Waals surface area contributed by atoms with Gasteiger partial charge in [-0.2, -0.15) is 0 Å². The summed E-state index contributed by atoms with van der Waals surface area (Å²) in [5.74, 6) is 5.45. The molecular formula is C9H13ClO2. The van der Waals surface area contributed by atoms with Crippen LogP contribution in [0.5, 0.6) is 0 Å². The van der Waals surface area contributed by atoms with E-state index in [0.29, 0.717) is 13.2 Å². The van der Waals surface area contributed by atoms with Gasteiger partial charge < -0.3 is 9.47 Å². The Hall–Kier alpha value is -0.490. The van der Waals surface area contributed by atoms with Crippen LogP contribution in [0, 0.1) is 11.8 Å². The van der Waals surface area contributed by atoms with Crippen LogP contribution < -0.4 is 0 Å². The Morgan fingerprint density at radius 2 is 1.92 bits per heavy atom. The Morgan fingerprint density at radius 1 is 1.33 bits per heavy atom.